The maximum atomic E-state index is 13.3. The molecule has 6 heteroatoms. The van der Waals surface area contributed by atoms with Gasteiger partial charge in [-0.15, -0.1) is 0 Å². The van der Waals surface area contributed by atoms with E-state index in [1.807, 2.05) is 56.3 Å². The molecule has 0 fully saturated rings. The van der Waals surface area contributed by atoms with E-state index < -0.39 is 6.04 Å². The van der Waals surface area contributed by atoms with Crippen molar-refractivity contribution in [3.05, 3.63) is 78.1 Å². The minimum absolute atomic E-state index is 0.175. The smallest absolute Gasteiger partial charge is 0.261 e. The van der Waals surface area contributed by atoms with E-state index in [1.54, 1.807) is 19.1 Å². The molecule has 0 aromatic heterocycles. The third kappa shape index (κ3) is 6.06. The molecule has 0 bridgehead atoms. The minimum atomic E-state index is -0.706. The summed E-state index contributed by atoms with van der Waals surface area (Å²) in [6.45, 7) is 6.18. The van der Waals surface area contributed by atoms with Crippen molar-refractivity contribution in [2.24, 2.45) is 5.92 Å². The predicted molar refractivity (Wildman–Crippen MR) is 124 cm³/mol. The van der Waals surface area contributed by atoms with Crippen LogP contribution in [0, 0.1) is 11.7 Å². The monoisotopic (exact) mass is 436 g/mol. The summed E-state index contributed by atoms with van der Waals surface area (Å²) in [6, 6.07) is 18.6. The Morgan fingerprint density at radius 1 is 0.969 bits per heavy atom. The van der Waals surface area contributed by atoms with Crippen LogP contribution >= 0.6 is 0 Å². The van der Waals surface area contributed by atoms with Gasteiger partial charge in [0.05, 0.1) is 0 Å². The van der Waals surface area contributed by atoms with Gasteiger partial charge in [0, 0.05) is 18.5 Å². The molecule has 1 atom stereocenters. The van der Waals surface area contributed by atoms with Crippen LogP contribution in [0.4, 0.5) is 4.39 Å². The second-order valence-electron chi connectivity index (χ2n) is 8.23. The van der Waals surface area contributed by atoms with Crippen molar-refractivity contribution in [2.75, 3.05) is 13.2 Å². The van der Waals surface area contributed by atoms with E-state index in [4.69, 9.17) is 4.74 Å². The zero-order chi connectivity index (χ0) is 23.1. The van der Waals surface area contributed by atoms with Gasteiger partial charge in [-0.05, 0) is 42.0 Å². The first-order valence-corrected chi connectivity index (χ1v) is 10.8. The molecule has 0 radical (unpaired) electrons. The standard InChI is InChI=1S/C26H29FN2O3/c1-18(2)15-28-26(31)19(3)29(16-20-11-13-22(27)14-12-20)25(30)17-32-24-10-6-8-21-7-4-5-9-23(21)24/h4-14,18-19H,15-17H2,1-3H3,(H,28,31)/t19-/m1/s1. The van der Waals surface area contributed by atoms with Crippen molar-refractivity contribution in [1.29, 1.82) is 0 Å². The Bertz CT molecular complexity index is 1060. The van der Waals surface area contributed by atoms with Gasteiger partial charge in [0.2, 0.25) is 5.91 Å². The molecule has 1 N–H and O–H groups in total. The Hall–Kier alpha value is -3.41. The summed E-state index contributed by atoms with van der Waals surface area (Å²) in [5.41, 5.74) is 0.730. The lowest BCUT2D eigenvalue weighted by Crippen LogP contribution is -2.49. The molecule has 3 aromatic rings. The van der Waals surface area contributed by atoms with Gasteiger partial charge in [0.15, 0.2) is 6.61 Å². The molecule has 0 aliphatic rings. The first kappa shape index (κ1) is 23.3. The van der Waals surface area contributed by atoms with Crippen LogP contribution < -0.4 is 10.1 Å². The number of halogens is 1. The number of ether oxygens (including phenoxy) is 1. The van der Waals surface area contributed by atoms with Gasteiger partial charge >= 0.3 is 0 Å². The molecule has 0 aliphatic carbocycles. The zero-order valence-electron chi connectivity index (χ0n) is 18.7. The van der Waals surface area contributed by atoms with Gasteiger partial charge in [0.1, 0.15) is 17.6 Å². The number of nitrogens with one attached hydrogen (secondary N) is 1. The molecule has 168 valence electrons. The lowest BCUT2D eigenvalue weighted by Gasteiger charge is -2.29. The second-order valence-corrected chi connectivity index (χ2v) is 8.23. The normalized spacial score (nSPS) is 11.9. The van der Waals surface area contributed by atoms with Gasteiger partial charge in [-0.2, -0.15) is 0 Å². The van der Waals surface area contributed by atoms with E-state index in [-0.39, 0.29) is 30.8 Å². The summed E-state index contributed by atoms with van der Waals surface area (Å²) in [4.78, 5) is 27.3. The number of hydrogen-bond donors (Lipinski definition) is 1. The third-order valence-corrected chi connectivity index (χ3v) is 5.22. The maximum absolute atomic E-state index is 13.3. The minimum Gasteiger partial charge on any atom is -0.483 e. The Labute approximate surface area is 188 Å². The topological polar surface area (TPSA) is 58.6 Å². The van der Waals surface area contributed by atoms with Crippen molar-refractivity contribution >= 4 is 22.6 Å². The largest absolute Gasteiger partial charge is 0.483 e. The summed E-state index contributed by atoms with van der Waals surface area (Å²) in [5, 5.41) is 4.80. The number of hydrogen-bond acceptors (Lipinski definition) is 3. The Balaban J connectivity index is 1.76. The number of amides is 2. The molecule has 32 heavy (non-hydrogen) atoms. The van der Waals surface area contributed by atoms with Crippen molar-refractivity contribution in [1.82, 2.24) is 10.2 Å². The molecule has 0 spiro atoms. The van der Waals surface area contributed by atoms with Gasteiger partial charge < -0.3 is 15.0 Å². The van der Waals surface area contributed by atoms with Crippen LogP contribution in [0.1, 0.15) is 26.3 Å². The van der Waals surface area contributed by atoms with Gasteiger partial charge in [0.25, 0.3) is 5.91 Å². The highest BCUT2D eigenvalue weighted by atomic mass is 19.1. The van der Waals surface area contributed by atoms with E-state index in [2.05, 4.69) is 5.32 Å². The number of carbonyl (C=O) groups is 2. The van der Waals surface area contributed by atoms with Gasteiger partial charge in [-0.1, -0.05) is 62.4 Å². The molecule has 5 nitrogen and oxygen atoms in total. The van der Waals surface area contributed by atoms with Crippen molar-refractivity contribution < 1.29 is 18.7 Å². The first-order valence-electron chi connectivity index (χ1n) is 10.8. The molecule has 0 heterocycles. The molecular weight excluding hydrogens is 407 g/mol. The summed E-state index contributed by atoms with van der Waals surface area (Å²) in [7, 11) is 0. The second kappa shape index (κ2) is 10.8. The number of fused-ring (bicyclic) bond motifs is 1. The summed E-state index contributed by atoms with van der Waals surface area (Å²) in [6.07, 6.45) is 0. The highest BCUT2D eigenvalue weighted by Gasteiger charge is 2.26. The van der Waals surface area contributed by atoms with Crippen LogP contribution in [0.5, 0.6) is 5.75 Å². The van der Waals surface area contributed by atoms with Crippen LogP contribution in [0.3, 0.4) is 0 Å². The molecule has 2 amide bonds. The average molecular weight is 437 g/mol. The van der Waals surface area contributed by atoms with E-state index in [0.717, 1.165) is 16.3 Å². The SMILES string of the molecule is CC(C)CNC(=O)[C@@H](C)N(Cc1ccc(F)cc1)C(=O)COc1cccc2ccccc12. The molecule has 3 aromatic carbocycles. The lowest BCUT2D eigenvalue weighted by molar-refractivity contribution is -0.142. The van der Waals surface area contributed by atoms with Gasteiger partial charge in [-0.3, -0.25) is 9.59 Å². The highest BCUT2D eigenvalue weighted by molar-refractivity contribution is 5.90. The van der Waals surface area contributed by atoms with E-state index in [9.17, 15) is 14.0 Å². The summed E-state index contributed by atoms with van der Waals surface area (Å²) in [5.74, 6) is -0.0143. The molecule has 0 saturated heterocycles. The van der Waals surface area contributed by atoms with E-state index in [1.165, 1.54) is 17.0 Å². The van der Waals surface area contributed by atoms with E-state index >= 15 is 0 Å². The summed E-state index contributed by atoms with van der Waals surface area (Å²) >= 11 is 0. The maximum Gasteiger partial charge on any atom is 0.261 e. The van der Waals surface area contributed by atoms with Crippen LogP contribution in [-0.4, -0.2) is 35.9 Å². The van der Waals surface area contributed by atoms with Crippen molar-refractivity contribution in [2.45, 2.75) is 33.4 Å². The summed E-state index contributed by atoms with van der Waals surface area (Å²) < 4.78 is 19.2. The van der Waals surface area contributed by atoms with Crippen LogP contribution in [0.15, 0.2) is 66.7 Å². The molecule has 3 rings (SSSR count). The number of carbonyl (C=O) groups excluding carboxylic acids is 2. The Morgan fingerprint density at radius 2 is 1.66 bits per heavy atom. The molecule has 0 saturated carbocycles. The fourth-order valence-corrected chi connectivity index (χ4v) is 3.37. The molecule has 0 unspecified atom stereocenters. The zero-order valence-corrected chi connectivity index (χ0v) is 18.7. The average Bonchev–Trinajstić information content (AvgIpc) is 2.80. The fraction of sp³-hybridized carbons (Fsp3) is 0.308. The third-order valence-electron chi connectivity index (χ3n) is 5.22. The fourth-order valence-electron chi connectivity index (χ4n) is 3.37. The Morgan fingerprint density at radius 3 is 2.38 bits per heavy atom. The first-order chi connectivity index (χ1) is 15.3. The van der Waals surface area contributed by atoms with Crippen molar-refractivity contribution in [3.8, 4) is 5.75 Å². The molecular formula is C26H29FN2O3. The Kier molecular flexibility index (Phi) is 7.82. The highest BCUT2D eigenvalue weighted by Crippen LogP contribution is 2.25. The lowest BCUT2D eigenvalue weighted by atomic mass is 10.1. The number of benzene rings is 3. The quantitative estimate of drug-likeness (QED) is 0.536. The van der Waals surface area contributed by atoms with E-state index in [0.29, 0.717) is 18.2 Å². The van der Waals surface area contributed by atoms with Crippen molar-refractivity contribution in [3.63, 3.8) is 0 Å². The number of rotatable bonds is 9. The predicted octanol–water partition coefficient (Wildman–Crippen LogP) is 4.55. The van der Waals surface area contributed by atoms with Gasteiger partial charge in [-0.25, -0.2) is 4.39 Å². The van der Waals surface area contributed by atoms with Crippen LogP contribution in [0.2, 0.25) is 0 Å². The van der Waals surface area contributed by atoms with Crippen LogP contribution in [0.25, 0.3) is 10.8 Å². The molecule has 0 aliphatic heterocycles. The number of nitrogens with zero attached hydrogens (tertiary/aromatic N) is 1. The van der Waals surface area contributed by atoms with Crippen LogP contribution in [-0.2, 0) is 16.1 Å².